The Morgan fingerprint density at radius 3 is 2.54 bits per heavy atom. The van der Waals surface area contributed by atoms with Gasteiger partial charge in [-0.15, -0.1) is 0 Å². The van der Waals surface area contributed by atoms with E-state index in [9.17, 15) is 18.0 Å². The molecule has 1 heterocycles. The Bertz CT molecular complexity index is 906. The fraction of sp³-hybridized carbons (Fsp3) is 0.158. The van der Waals surface area contributed by atoms with E-state index < -0.39 is 30.3 Å². The molecule has 28 heavy (non-hydrogen) atoms. The van der Waals surface area contributed by atoms with Crippen molar-refractivity contribution in [1.82, 2.24) is 10.6 Å². The van der Waals surface area contributed by atoms with E-state index in [4.69, 9.17) is 12.2 Å². The minimum absolute atomic E-state index is 0.0768. The fourth-order valence-corrected chi connectivity index (χ4v) is 3.20. The molecule has 0 saturated carbocycles. The summed E-state index contributed by atoms with van der Waals surface area (Å²) in [5.74, 6) is -1.90. The molecule has 3 rings (SSSR count). The predicted octanol–water partition coefficient (Wildman–Crippen LogP) is 3.71. The van der Waals surface area contributed by atoms with Gasteiger partial charge in [-0.2, -0.15) is 8.78 Å². The van der Waals surface area contributed by atoms with Gasteiger partial charge in [0, 0.05) is 16.9 Å². The monoisotopic (exact) mass is 407 g/mol. The van der Waals surface area contributed by atoms with Gasteiger partial charge in [-0.1, -0.05) is 24.8 Å². The van der Waals surface area contributed by atoms with Gasteiger partial charge in [0.05, 0.1) is 6.04 Å². The molecule has 2 aromatic rings. The molecule has 2 atom stereocenters. The van der Waals surface area contributed by atoms with Crippen molar-refractivity contribution in [3.05, 3.63) is 72.2 Å². The topological polar surface area (TPSA) is 62.4 Å². The van der Waals surface area contributed by atoms with E-state index in [1.165, 1.54) is 30.3 Å². The highest BCUT2D eigenvalue weighted by Crippen LogP contribution is 2.36. The average molecular weight is 407 g/mol. The Morgan fingerprint density at radius 1 is 1.18 bits per heavy atom. The summed E-state index contributed by atoms with van der Waals surface area (Å²) < 4.78 is 43.2. The van der Waals surface area contributed by atoms with Gasteiger partial charge in [-0.25, -0.2) is 4.39 Å². The number of hydrogen-bond donors (Lipinski definition) is 3. The Kier molecular flexibility index (Phi) is 5.84. The van der Waals surface area contributed by atoms with Crippen molar-refractivity contribution in [2.24, 2.45) is 5.92 Å². The van der Waals surface area contributed by atoms with Crippen molar-refractivity contribution in [2.45, 2.75) is 12.7 Å². The molecule has 0 aliphatic carbocycles. The molecular formula is C19H16F3N3O2S. The van der Waals surface area contributed by atoms with Crippen LogP contribution in [0.2, 0.25) is 0 Å². The van der Waals surface area contributed by atoms with Crippen LogP contribution in [0.25, 0.3) is 0 Å². The van der Waals surface area contributed by atoms with Crippen LogP contribution in [-0.4, -0.2) is 17.6 Å². The standard InChI is InChI=1S/C19H16F3N3O2S/c1-10-15(17(26)24-12-8-6-11(20)7-9-12)16(25-19(28)23-10)13-4-2-3-5-14(13)27-18(21)22/h2-9,15-16,18H,1H2,(H,24,26)(H2,23,25,28)/t15-,16+/m1/s1. The number of carbonyl (C=O) groups is 1. The number of carbonyl (C=O) groups excluding carboxylic acids is 1. The number of benzene rings is 2. The number of hydrogen-bond acceptors (Lipinski definition) is 3. The second-order valence-corrected chi connectivity index (χ2v) is 6.40. The molecule has 0 bridgehead atoms. The highest BCUT2D eigenvalue weighted by Gasteiger charge is 2.38. The first-order chi connectivity index (χ1) is 13.3. The lowest BCUT2D eigenvalue weighted by Gasteiger charge is -2.36. The smallest absolute Gasteiger partial charge is 0.387 e. The van der Waals surface area contributed by atoms with Crippen LogP contribution in [0.4, 0.5) is 18.9 Å². The Hall–Kier alpha value is -3.07. The summed E-state index contributed by atoms with van der Waals surface area (Å²) in [5, 5.41) is 8.56. The van der Waals surface area contributed by atoms with Gasteiger partial charge < -0.3 is 20.7 Å². The van der Waals surface area contributed by atoms with Crippen molar-refractivity contribution in [2.75, 3.05) is 5.32 Å². The molecular weight excluding hydrogens is 391 g/mol. The number of ether oxygens (including phenoxy) is 1. The normalized spacial score (nSPS) is 19.0. The number of alkyl halides is 2. The van der Waals surface area contributed by atoms with E-state index in [0.717, 1.165) is 0 Å². The summed E-state index contributed by atoms with van der Waals surface area (Å²) in [6.07, 6.45) is 0. The second kappa shape index (κ2) is 8.30. The molecule has 146 valence electrons. The molecule has 2 aromatic carbocycles. The maximum absolute atomic E-state index is 13.1. The van der Waals surface area contributed by atoms with Crippen LogP contribution in [0.15, 0.2) is 60.8 Å². The van der Waals surface area contributed by atoms with Gasteiger partial charge in [-0.05, 0) is 42.5 Å². The lowest BCUT2D eigenvalue weighted by molar-refractivity contribution is -0.119. The fourth-order valence-electron chi connectivity index (χ4n) is 2.95. The summed E-state index contributed by atoms with van der Waals surface area (Å²) >= 11 is 5.13. The predicted molar refractivity (Wildman–Crippen MR) is 102 cm³/mol. The highest BCUT2D eigenvalue weighted by atomic mass is 32.1. The van der Waals surface area contributed by atoms with Gasteiger partial charge in [0.1, 0.15) is 17.5 Å². The Balaban J connectivity index is 1.93. The van der Waals surface area contributed by atoms with Crippen molar-refractivity contribution >= 4 is 28.9 Å². The molecule has 1 aliphatic rings. The van der Waals surface area contributed by atoms with Crippen LogP contribution in [0.1, 0.15) is 11.6 Å². The summed E-state index contributed by atoms with van der Waals surface area (Å²) in [5.41, 5.74) is 0.996. The number of thiocarbonyl (C=S) groups is 1. The SMILES string of the molecule is C=C1NC(=S)N[C@@H](c2ccccc2OC(F)F)[C@@H]1C(=O)Nc1ccc(F)cc1. The molecule has 0 unspecified atom stereocenters. The number of rotatable bonds is 5. The number of para-hydroxylation sites is 1. The molecule has 0 aromatic heterocycles. The minimum Gasteiger partial charge on any atom is -0.434 e. The van der Waals surface area contributed by atoms with Crippen molar-refractivity contribution in [1.29, 1.82) is 0 Å². The zero-order valence-corrected chi connectivity index (χ0v) is 15.2. The zero-order chi connectivity index (χ0) is 20.3. The van der Waals surface area contributed by atoms with Gasteiger partial charge in [0.25, 0.3) is 0 Å². The second-order valence-electron chi connectivity index (χ2n) is 5.99. The Morgan fingerprint density at radius 2 is 1.86 bits per heavy atom. The third-order valence-corrected chi connectivity index (χ3v) is 4.35. The number of amides is 1. The molecule has 9 heteroatoms. The van der Waals surface area contributed by atoms with Crippen LogP contribution >= 0.6 is 12.2 Å². The lowest BCUT2D eigenvalue weighted by Crippen LogP contribution is -2.51. The highest BCUT2D eigenvalue weighted by molar-refractivity contribution is 7.80. The maximum Gasteiger partial charge on any atom is 0.387 e. The minimum atomic E-state index is -3.02. The third kappa shape index (κ3) is 4.42. The van der Waals surface area contributed by atoms with Gasteiger partial charge in [0.2, 0.25) is 5.91 Å². The van der Waals surface area contributed by atoms with E-state index in [2.05, 4.69) is 27.3 Å². The van der Waals surface area contributed by atoms with Crippen molar-refractivity contribution < 1.29 is 22.7 Å². The first-order valence-corrected chi connectivity index (χ1v) is 8.62. The first kappa shape index (κ1) is 19.7. The first-order valence-electron chi connectivity index (χ1n) is 8.21. The largest absolute Gasteiger partial charge is 0.434 e. The molecule has 3 N–H and O–H groups in total. The van der Waals surface area contributed by atoms with Crippen LogP contribution in [0.5, 0.6) is 5.75 Å². The summed E-state index contributed by atoms with van der Waals surface area (Å²) in [6, 6.07) is 10.6. The quantitative estimate of drug-likeness (QED) is 0.660. The molecule has 5 nitrogen and oxygen atoms in total. The molecule has 1 saturated heterocycles. The molecule has 1 aliphatic heterocycles. The van der Waals surface area contributed by atoms with Crippen molar-refractivity contribution in [3.63, 3.8) is 0 Å². The summed E-state index contributed by atoms with van der Waals surface area (Å²) in [4.78, 5) is 12.9. The number of anilines is 1. The summed E-state index contributed by atoms with van der Waals surface area (Å²) in [7, 11) is 0. The van der Waals surface area contributed by atoms with Crippen LogP contribution < -0.4 is 20.7 Å². The maximum atomic E-state index is 13.1. The van der Waals surface area contributed by atoms with E-state index in [0.29, 0.717) is 16.9 Å². The lowest BCUT2D eigenvalue weighted by atomic mass is 9.87. The van der Waals surface area contributed by atoms with Gasteiger partial charge in [-0.3, -0.25) is 4.79 Å². The van der Waals surface area contributed by atoms with Crippen LogP contribution in [0, 0.1) is 11.7 Å². The molecule has 0 spiro atoms. The van der Waals surface area contributed by atoms with E-state index >= 15 is 0 Å². The Labute approximate surface area is 164 Å². The third-order valence-electron chi connectivity index (χ3n) is 4.13. The van der Waals surface area contributed by atoms with E-state index in [1.807, 2.05) is 0 Å². The molecule has 1 amide bonds. The average Bonchev–Trinajstić information content (AvgIpc) is 2.63. The van der Waals surface area contributed by atoms with Gasteiger partial charge in [0.15, 0.2) is 5.11 Å². The number of halogens is 3. The van der Waals surface area contributed by atoms with Crippen LogP contribution in [-0.2, 0) is 4.79 Å². The molecule has 0 radical (unpaired) electrons. The number of nitrogens with one attached hydrogen (secondary N) is 3. The van der Waals surface area contributed by atoms with Crippen molar-refractivity contribution in [3.8, 4) is 5.75 Å². The van der Waals surface area contributed by atoms with E-state index in [-0.39, 0.29) is 10.9 Å². The zero-order valence-electron chi connectivity index (χ0n) is 14.4. The summed E-state index contributed by atoms with van der Waals surface area (Å²) in [6.45, 7) is 0.817. The van der Waals surface area contributed by atoms with E-state index in [1.54, 1.807) is 18.2 Å². The molecule has 1 fully saturated rings. The van der Waals surface area contributed by atoms with Gasteiger partial charge >= 0.3 is 6.61 Å². The van der Waals surface area contributed by atoms with Crippen LogP contribution in [0.3, 0.4) is 0 Å².